The van der Waals surface area contributed by atoms with Gasteiger partial charge in [-0.3, -0.25) is 14.3 Å². The van der Waals surface area contributed by atoms with E-state index in [4.69, 9.17) is 4.74 Å². The fraction of sp³-hybridized carbons (Fsp3) is 0.294. The molecule has 0 aliphatic heterocycles. The van der Waals surface area contributed by atoms with Crippen LogP contribution in [0, 0.1) is 0 Å². The maximum absolute atomic E-state index is 12.3. The molecule has 0 saturated heterocycles. The lowest BCUT2D eigenvalue weighted by atomic mass is 10.1. The Hall–Kier alpha value is -2.19. The number of anilines is 1. The molecule has 1 atom stereocenters. The van der Waals surface area contributed by atoms with E-state index in [1.807, 2.05) is 17.5 Å². The van der Waals surface area contributed by atoms with Crippen molar-refractivity contribution < 1.29 is 22.7 Å². The smallest absolute Gasteiger partial charge is 0.306 e. The molecule has 0 radical (unpaired) electrons. The highest BCUT2D eigenvalue weighted by Gasteiger charge is 2.19. The summed E-state index contributed by atoms with van der Waals surface area (Å²) in [5, 5.41) is 1.94. The first kappa shape index (κ1) is 19.1. The van der Waals surface area contributed by atoms with Crippen LogP contribution in [0.1, 0.15) is 28.6 Å². The summed E-state index contributed by atoms with van der Waals surface area (Å²) in [5.74, 6) is -0.764. The largest absolute Gasteiger partial charge is 0.454 e. The second-order valence-electron chi connectivity index (χ2n) is 5.53. The zero-order valence-corrected chi connectivity index (χ0v) is 15.5. The molecule has 0 aliphatic carbocycles. The Morgan fingerprint density at radius 3 is 2.44 bits per heavy atom. The molecule has 0 unspecified atom stereocenters. The fourth-order valence-electron chi connectivity index (χ4n) is 2.14. The molecule has 134 valence electrons. The Morgan fingerprint density at radius 1 is 1.20 bits per heavy atom. The van der Waals surface area contributed by atoms with Gasteiger partial charge in [0.2, 0.25) is 15.8 Å². The van der Waals surface area contributed by atoms with Crippen molar-refractivity contribution in [3.63, 3.8) is 0 Å². The summed E-state index contributed by atoms with van der Waals surface area (Å²) in [4.78, 5) is 25.2. The highest BCUT2D eigenvalue weighted by atomic mass is 32.2. The Labute approximate surface area is 150 Å². The van der Waals surface area contributed by atoms with E-state index in [0.29, 0.717) is 17.7 Å². The van der Waals surface area contributed by atoms with Crippen LogP contribution in [-0.4, -0.2) is 32.5 Å². The number of carbonyl (C=O) groups is 2. The Bertz CT molecular complexity index is 826. The summed E-state index contributed by atoms with van der Waals surface area (Å²) in [6.07, 6.45) is 0.951. The molecule has 8 heteroatoms. The molecular formula is C17H19NO5S2. The monoisotopic (exact) mass is 381 g/mol. The minimum atomic E-state index is -3.37. The molecule has 1 aromatic heterocycles. The molecule has 0 bridgehead atoms. The molecule has 0 saturated carbocycles. The molecule has 0 aliphatic rings. The third-order valence-electron chi connectivity index (χ3n) is 3.31. The molecule has 2 aromatic rings. The minimum Gasteiger partial charge on any atom is -0.454 e. The van der Waals surface area contributed by atoms with Gasteiger partial charge in [0.15, 0.2) is 6.10 Å². The van der Waals surface area contributed by atoms with E-state index in [-0.39, 0.29) is 12.2 Å². The number of hydrogen-bond acceptors (Lipinski definition) is 6. The van der Waals surface area contributed by atoms with Gasteiger partial charge in [0, 0.05) is 16.1 Å². The second kappa shape index (κ2) is 8.26. The lowest BCUT2D eigenvalue weighted by Gasteiger charge is -2.12. The van der Waals surface area contributed by atoms with E-state index in [0.717, 1.165) is 11.1 Å². The number of rotatable bonds is 8. The van der Waals surface area contributed by atoms with Gasteiger partial charge >= 0.3 is 5.97 Å². The van der Waals surface area contributed by atoms with Gasteiger partial charge in [-0.2, -0.15) is 0 Å². The van der Waals surface area contributed by atoms with Crippen molar-refractivity contribution in [3.05, 3.63) is 52.2 Å². The number of thiophene rings is 1. The van der Waals surface area contributed by atoms with E-state index in [9.17, 15) is 18.0 Å². The van der Waals surface area contributed by atoms with Crippen molar-refractivity contribution in [2.75, 3.05) is 11.0 Å². The van der Waals surface area contributed by atoms with Crippen LogP contribution in [0.15, 0.2) is 41.8 Å². The highest BCUT2D eigenvalue weighted by Crippen LogP contribution is 2.15. The number of carbonyl (C=O) groups excluding carboxylic acids is 2. The zero-order chi connectivity index (χ0) is 18.4. The Morgan fingerprint density at radius 2 is 1.88 bits per heavy atom. The first-order chi connectivity index (χ1) is 11.7. The summed E-state index contributed by atoms with van der Waals surface area (Å²) in [6, 6.07) is 9.81. The van der Waals surface area contributed by atoms with Gasteiger partial charge in [-0.1, -0.05) is 6.07 Å². The summed E-state index contributed by atoms with van der Waals surface area (Å²) >= 11 is 1.57. The number of aryl methyl sites for hydroxylation is 1. The van der Waals surface area contributed by atoms with Crippen molar-refractivity contribution in [1.82, 2.24) is 0 Å². The third-order valence-corrected chi connectivity index (χ3v) is 4.85. The third kappa shape index (κ3) is 6.32. The lowest BCUT2D eigenvalue weighted by Crippen LogP contribution is -2.24. The van der Waals surface area contributed by atoms with Crippen molar-refractivity contribution in [2.24, 2.45) is 0 Å². The normalized spacial score (nSPS) is 12.4. The zero-order valence-electron chi connectivity index (χ0n) is 13.9. The van der Waals surface area contributed by atoms with Gasteiger partial charge < -0.3 is 4.74 Å². The van der Waals surface area contributed by atoms with Crippen molar-refractivity contribution in [3.8, 4) is 0 Å². The van der Waals surface area contributed by atoms with E-state index < -0.39 is 22.1 Å². The van der Waals surface area contributed by atoms with Gasteiger partial charge in [0.1, 0.15) is 0 Å². The summed E-state index contributed by atoms with van der Waals surface area (Å²) in [5.41, 5.74) is 0.706. The van der Waals surface area contributed by atoms with Gasteiger partial charge in [-0.25, -0.2) is 8.42 Å². The van der Waals surface area contributed by atoms with Gasteiger partial charge in [-0.15, -0.1) is 11.3 Å². The second-order valence-corrected chi connectivity index (χ2v) is 8.31. The number of ether oxygens (including phenoxy) is 1. The van der Waals surface area contributed by atoms with Gasteiger partial charge in [0.25, 0.3) is 0 Å². The number of esters is 1. The predicted octanol–water partition coefficient (Wildman–Crippen LogP) is 2.87. The molecule has 1 N–H and O–H groups in total. The van der Waals surface area contributed by atoms with E-state index in [2.05, 4.69) is 4.72 Å². The number of sulfonamides is 1. The fourth-order valence-corrected chi connectivity index (χ4v) is 3.41. The summed E-state index contributed by atoms with van der Waals surface area (Å²) in [7, 11) is -3.37. The van der Waals surface area contributed by atoms with Crippen LogP contribution in [0.2, 0.25) is 0 Å². The molecule has 25 heavy (non-hydrogen) atoms. The molecule has 0 amide bonds. The lowest BCUT2D eigenvalue weighted by molar-refractivity contribution is -0.146. The molecule has 0 fully saturated rings. The Balaban J connectivity index is 1.89. The first-order valence-electron chi connectivity index (χ1n) is 7.58. The highest BCUT2D eigenvalue weighted by molar-refractivity contribution is 7.92. The summed E-state index contributed by atoms with van der Waals surface area (Å²) in [6.45, 7) is 1.52. The average molecular weight is 381 g/mol. The van der Waals surface area contributed by atoms with Gasteiger partial charge in [-0.05, 0) is 49.1 Å². The quantitative estimate of drug-likeness (QED) is 0.561. The number of nitrogens with one attached hydrogen (secondary N) is 1. The predicted molar refractivity (Wildman–Crippen MR) is 97.4 cm³/mol. The molecular weight excluding hydrogens is 362 g/mol. The number of Topliss-reactive ketones (excluding diaryl/α,β-unsaturated/α-hetero) is 1. The van der Waals surface area contributed by atoms with Crippen LogP contribution in [0.3, 0.4) is 0 Å². The average Bonchev–Trinajstić information content (AvgIpc) is 3.05. The SMILES string of the molecule is C[C@@H](OC(=O)CCc1cccs1)C(=O)c1ccc(NS(C)(=O)=O)cc1. The minimum absolute atomic E-state index is 0.218. The maximum Gasteiger partial charge on any atom is 0.306 e. The van der Waals surface area contributed by atoms with Crippen LogP contribution in [0.25, 0.3) is 0 Å². The first-order valence-corrected chi connectivity index (χ1v) is 10.4. The number of hydrogen-bond donors (Lipinski definition) is 1. The van der Waals surface area contributed by atoms with Crippen LogP contribution in [0.5, 0.6) is 0 Å². The van der Waals surface area contributed by atoms with Crippen molar-refractivity contribution in [1.29, 1.82) is 0 Å². The topological polar surface area (TPSA) is 89.5 Å². The van der Waals surface area contributed by atoms with Crippen LogP contribution < -0.4 is 4.72 Å². The van der Waals surface area contributed by atoms with Crippen molar-refractivity contribution in [2.45, 2.75) is 25.9 Å². The van der Waals surface area contributed by atoms with Gasteiger partial charge in [0.05, 0.1) is 12.7 Å². The molecule has 1 heterocycles. The number of ketones is 1. The standard InChI is InChI=1S/C17H19NO5S2/c1-12(23-16(19)10-9-15-4-3-11-24-15)17(20)13-5-7-14(8-6-13)18-25(2,21)22/h3-8,11-12,18H,9-10H2,1-2H3/t12-/m1/s1. The van der Waals surface area contributed by atoms with Crippen LogP contribution in [-0.2, 0) is 26.0 Å². The van der Waals surface area contributed by atoms with E-state index in [1.165, 1.54) is 31.2 Å². The molecule has 2 rings (SSSR count). The van der Waals surface area contributed by atoms with Crippen LogP contribution >= 0.6 is 11.3 Å². The maximum atomic E-state index is 12.3. The summed E-state index contributed by atoms with van der Waals surface area (Å²) < 4.78 is 29.8. The molecule has 1 aromatic carbocycles. The Kier molecular flexibility index (Phi) is 6.33. The van der Waals surface area contributed by atoms with Crippen LogP contribution in [0.4, 0.5) is 5.69 Å². The van der Waals surface area contributed by atoms with Crippen molar-refractivity contribution >= 4 is 38.8 Å². The molecule has 6 nitrogen and oxygen atoms in total. The number of benzene rings is 1. The van der Waals surface area contributed by atoms with E-state index in [1.54, 1.807) is 11.3 Å². The molecule has 0 spiro atoms. The van der Waals surface area contributed by atoms with E-state index >= 15 is 0 Å².